The van der Waals surface area contributed by atoms with Crippen LogP contribution in [-0.4, -0.2) is 50.8 Å². The van der Waals surface area contributed by atoms with Crippen LogP contribution in [0.15, 0.2) is 42.6 Å². The summed E-state index contributed by atoms with van der Waals surface area (Å²) in [7, 11) is 0. The predicted octanol–water partition coefficient (Wildman–Crippen LogP) is 3.14. The number of piperidine rings is 1. The molecule has 1 aliphatic rings. The van der Waals surface area contributed by atoms with Crippen LogP contribution in [0.3, 0.4) is 0 Å². The van der Waals surface area contributed by atoms with Crippen LogP contribution in [0.4, 0.5) is 0 Å². The van der Waals surface area contributed by atoms with Gasteiger partial charge < -0.3 is 14.7 Å². The van der Waals surface area contributed by atoms with E-state index in [9.17, 15) is 5.11 Å². The van der Waals surface area contributed by atoms with E-state index in [0.717, 1.165) is 35.4 Å². The van der Waals surface area contributed by atoms with Gasteiger partial charge in [-0.15, -0.1) is 5.10 Å². The molecule has 6 heteroatoms. The molecule has 0 saturated carbocycles. The molecule has 142 valence electrons. The van der Waals surface area contributed by atoms with Crippen molar-refractivity contribution in [2.75, 3.05) is 26.2 Å². The summed E-state index contributed by atoms with van der Waals surface area (Å²) < 4.78 is 7.69. The van der Waals surface area contributed by atoms with Gasteiger partial charge in [-0.25, -0.2) is 9.50 Å². The van der Waals surface area contributed by atoms with Crippen molar-refractivity contribution in [3.8, 4) is 17.1 Å². The van der Waals surface area contributed by atoms with Crippen LogP contribution in [0, 0.1) is 0 Å². The summed E-state index contributed by atoms with van der Waals surface area (Å²) >= 11 is 0. The van der Waals surface area contributed by atoms with Gasteiger partial charge in [-0.05, 0) is 50.0 Å². The van der Waals surface area contributed by atoms with Crippen molar-refractivity contribution in [1.29, 1.82) is 0 Å². The molecule has 1 saturated heterocycles. The highest BCUT2D eigenvalue weighted by atomic mass is 16.5. The summed E-state index contributed by atoms with van der Waals surface area (Å²) in [6.45, 7) is 4.21. The number of hydrogen-bond acceptors (Lipinski definition) is 5. The largest absolute Gasteiger partial charge is 0.477 e. The molecule has 3 heterocycles. The standard InChI is InChI=1S/C21H26N4O2/c26-16-17-6-4-7-18(14-17)19-15-22-20-8-9-21(23-25(19)20)27-13-5-12-24-10-2-1-3-11-24/h4,6-9,14-15,26H,1-3,5,10-13,16H2. The zero-order chi connectivity index (χ0) is 18.5. The number of nitrogens with zero attached hydrogens (tertiary/aromatic N) is 4. The lowest BCUT2D eigenvalue weighted by molar-refractivity contribution is 0.202. The van der Waals surface area contributed by atoms with Gasteiger partial charge >= 0.3 is 0 Å². The van der Waals surface area contributed by atoms with Crippen LogP contribution in [0.5, 0.6) is 5.88 Å². The minimum Gasteiger partial charge on any atom is -0.477 e. The Morgan fingerprint density at radius 2 is 1.96 bits per heavy atom. The van der Waals surface area contributed by atoms with E-state index < -0.39 is 0 Å². The fourth-order valence-electron chi connectivity index (χ4n) is 3.61. The smallest absolute Gasteiger partial charge is 0.231 e. The van der Waals surface area contributed by atoms with Crippen molar-refractivity contribution in [2.24, 2.45) is 0 Å². The molecule has 0 atom stereocenters. The molecule has 2 aromatic heterocycles. The second-order valence-corrected chi connectivity index (χ2v) is 7.05. The molecule has 0 spiro atoms. The second-order valence-electron chi connectivity index (χ2n) is 7.05. The third-order valence-electron chi connectivity index (χ3n) is 5.06. The summed E-state index contributed by atoms with van der Waals surface area (Å²) in [6, 6.07) is 11.6. The zero-order valence-electron chi connectivity index (χ0n) is 15.5. The van der Waals surface area contributed by atoms with Gasteiger partial charge in [-0.1, -0.05) is 24.6 Å². The number of hydrogen-bond donors (Lipinski definition) is 1. The van der Waals surface area contributed by atoms with E-state index in [1.165, 1.54) is 32.4 Å². The maximum absolute atomic E-state index is 9.37. The van der Waals surface area contributed by atoms with Crippen LogP contribution in [0.2, 0.25) is 0 Å². The Balaban J connectivity index is 1.43. The average Bonchev–Trinajstić information content (AvgIpc) is 3.15. The molecule has 1 aromatic carbocycles. The van der Waals surface area contributed by atoms with Gasteiger partial charge in [0.1, 0.15) is 0 Å². The van der Waals surface area contributed by atoms with E-state index in [1.807, 2.05) is 36.4 Å². The third-order valence-corrected chi connectivity index (χ3v) is 5.06. The molecule has 0 radical (unpaired) electrons. The average molecular weight is 366 g/mol. The van der Waals surface area contributed by atoms with Gasteiger partial charge in [0, 0.05) is 18.2 Å². The predicted molar refractivity (Wildman–Crippen MR) is 105 cm³/mol. The van der Waals surface area contributed by atoms with Crippen LogP contribution >= 0.6 is 0 Å². The first-order valence-electron chi connectivity index (χ1n) is 9.73. The highest BCUT2D eigenvalue weighted by Crippen LogP contribution is 2.22. The quantitative estimate of drug-likeness (QED) is 0.651. The van der Waals surface area contributed by atoms with Crippen LogP contribution in [0.25, 0.3) is 16.9 Å². The number of fused-ring (bicyclic) bond motifs is 1. The van der Waals surface area contributed by atoms with Crippen molar-refractivity contribution in [3.63, 3.8) is 0 Å². The van der Waals surface area contributed by atoms with Crippen LogP contribution in [-0.2, 0) is 6.61 Å². The van der Waals surface area contributed by atoms with Gasteiger partial charge in [-0.2, -0.15) is 0 Å². The number of benzene rings is 1. The monoisotopic (exact) mass is 366 g/mol. The van der Waals surface area contributed by atoms with Crippen molar-refractivity contribution >= 4 is 5.65 Å². The minimum atomic E-state index is 0.0172. The maximum atomic E-state index is 9.37. The molecule has 0 bridgehead atoms. The molecule has 1 N–H and O–H groups in total. The maximum Gasteiger partial charge on any atom is 0.231 e. The minimum absolute atomic E-state index is 0.0172. The number of ether oxygens (including phenoxy) is 1. The molecule has 1 aliphatic heterocycles. The zero-order valence-corrected chi connectivity index (χ0v) is 15.5. The van der Waals surface area contributed by atoms with Gasteiger partial charge in [-0.3, -0.25) is 0 Å². The Morgan fingerprint density at radius 1 is 1.07 bits per heavy atom. The van der Waals surface area contributed by atoms with E-state index >= 15 is 0 Å². The van der Waals surface area contributed by atoms with E-state index in [4.69, 9.17) is 4.74 Å². The molecular weight excluding hydrogens is 340 g/mol. The summed E-state index contributed by atoms with van der Waals surface area (Å²) in [5, 5.41) is 14.0. The van der Waals surface area contributed by atoms with Crippen molar-refractivity contribution < 1.29 is 9.84 Å². The molecule has 4 rings (SSSR count). The summed E-state index contributed by atoms with van der Waals surface area (Å²) in [5.41, 5.74) is 3.51. The Bertz CT molecular complexity index is 887. The van der Waals surface area contributed by atoms with Crippen molar-refractivity contribution in [2.45, 2.75) is 32.3 Å². The van der Waals surface area contributed by atoms with Gasteiger partial charge in [0.15, 0.2) is 5.65 Å². The third kappa shape index (κ3) is 4.28. The second kappa shape index (κ2) is 8.50. The van der Waals surface area contributed by atoms with E-state index in [2.05, 4.69) is 15.0 Å². The fourth-order valence-corrected chi connectivity index (χ4v) is 3.61. The molecule has 0 amide bonds. The SMILES string of the molecule is OCc1cccc(-c2cnc3ccc(OCCCN4CCCCC4)nn23)c1. The number of imidazole rings is 1. The topological polar surface area (TPSA) is 62.9 Å². The highest BCUT2D eigenvalue weighted by Gasteiger charge is 2.11. The number of aliphatic hydroxyl groups is 1. The van der Waals surface area contributed by atoms with Gasteiger partial charge in [0.2, 0.25) is 5.88 Å². The lowest BCUT2D eigenvalue weighted by atomic mass is 10.1. The van der Waals surface area contributed by atoms with Gasteiger partial charge in [0.25, 0.3) is 0 Å². The van der Waals surface area contributed by atoms with E-state index in [0.29, 0.717) is 12.5 Å². The Labute approximate surface area is 159 Å². The van der Waals surface area contributed by atoms with Crippen LogP contribution < -0.4 is 4.74 Å². The number of likely N-dealkylation sites (tertiary alicyclic amines) is 1. The number of aliphatic hydroxyl groups excluding tert-OH is 1. The molecule has 0 unspecified atom stereocenters. The summed E-state index contributed by atoms with van der Waals surface area (Å²) in [6.07, 6.45) is 6.82. The van der Waals surface area contributed by atoms with Crippen molar-refractivity contribution in [1.82, 2.24) is 19.5 Å². The Kier molecular flexibility index (Phi) is 5.65. The molecular formula is C21H26N4O2. The lowest BCUT2D eigenvalue weighted by Gasteiger charge is -2.26. The first kappa shape index (κ1) is 17.9. The number of rotatable bonds is 7. The fraction of sp³-hybridized carbons (Fsp3) is 0.429. The molecule has 6 nitrogen and oxygen atoms in total. The molecule has 0 aliphatic carbocycles. The summed E-state index contributed by atoms with van der Waals surface area (Å²) in [5.74, 6) is 0.610. The lowest BCUT2D eigenvalue weighted by Crippen LogP contribution is -2.31. The Morgan fingerprint density at radius 3 is 2.81 bits per heavy atom. The van der Waals surface area contributed by atoms with Crippen molar-refractivity contribution in [3.05, 3.63) is 48.2 Å². The first-order valence-corrected chi connectivity index (χ1v) is 9.73. The normalized spacial score (nSPS) is 15.3. The first-order chi connectivity index (χ1) is 13.3. The molecule has 1 fully saturated rings. The highest BCUT2D eigenvalue weighted by molar-refractivity contribution is 5.63. The van der Waals surface area contributed by atoms with E-state index in [-0.39, 0.29) is 6.61 Å². The Hall–Kier alpha value is -2.44. The van der Waals surface area contributed by atoms with Gasteiger partial charge in [0.05, 0.1) is 25.1 Å². The summed E-state index contributed by atoms with van der Waals surface area (Å²) in [4.78, 5) is 6.94. The molecule has 27 heavy (non-hydrogen) atoms. The van der Waals surface area contributed by atoms with Crippen LogP contribution in [0.1, 0.15) is 31.2 Å². The van der Waals surface area contributed by atoms with E-state index in [1.54, 1.807) is 10.7 Å². The number of aromatic nitrogens is 3. The molecule has 3 aromatic rings.